The molecule has 1 aliphatic heterocycles. The second-order valence-corrected chi connectivity index (χ2v) is 4.45. The molecule has 0 amide bonds. The molecular weight excluding hydrogens is 178 g/mol. The first-order valence-electron chi connectivity index (χ1n) is 5.52. The quantitative estimate of drug-likeness (QED) is 0.666. The van der Waals surface area contributed by atoms with Gasteiger partial charge in [-0.25, -0.2) is 0 Å². The summed E-state index contributed by atoms with van der Waals surface area (Å²) in [4.78, 5) is 0. The van der Waals surface area contributed by atoms with Crippen LogP contribution in [0.4, 0.5) is 0 Å². The van der Waals surface area contributed by atoms with Crippen molar-refractivity contribution in [2.45, 2.75) is 50.2 Å². The molecule has 0 aromatic rings. The Bertz CT molecular complexity index is 239. The third-order valence-corrected chi connectivity index (χ3v) is 3.16. The van der Waals surface area contributed by atoms with Gasteiger partial charge in [-0.3, -0.25) is 0 Å². The minimum absolute atomic E-state index is 0.125. The molecule has 2 atom stereocenters. The van der Waals surface area contributed by atoms with Gasteiger partial charge in [0.2, 0.25) is 0 Å². The van der Waals surface area contributed by atoms with Crippen LogP contribution in [0.3, 0.4) is 0 Å². The lowest BCUT2D eigenvalue weighted by Crippen LogP contribution is -2.43. The maximum atomic E-state index is 10.4. The van der Waals surface area contributed by atoms with E-state index in [0.29, 0.717) is 6.42 Å². The van der Waals surface area contributed by atoms with Crippen LogP contribution in [-0.2, 0) is 4.74 Å². The molecule has 0 aromatic heterocycles. The fourth-order valence-electron chi connectivity index (χ4n) is 2.40. The van der Waals surface area contributed by atoms with Crippen LogP contribution in [0, 0.1) is 0 Å². The topological polar surface area (TPSA) is 55.5 Å². The van der Waals surface area contributed by atoms with E-state index in [0.717, 1.165) is 44.5 Å². The van der Waals surface area contributed by atoms with E-state index in [4.69, 9.17) is 10.5 Å². The average molecular weight is 197 g/mol. The highest BCUT2D eigenvalue weighted by atomic mass is 16.5. The second kappa shape index (κ2) is 3.91. The highest BCUT2D eigenvalue weighted by Crippen LogP contribution is 2.35. The maximum Gasteiger partial charge on any atom is 0.124 e. The zero-order valence-electron chi connectivity index (χ0n) is 8.54. The van der Waals surface area contributed by atoms with E-state index < -0.39 is 5.60 Å². The van der Waals surface area contributed by atoms with E-state index in [1.54, 1.807) is 0 Å². The summed E-state index contributed by atoms with van der Waals surface area (Å²) in [6, 6.07) is 0.125. The minimum Gasteiger partial charge on any atom is -0.495 e. The van der Waals surface area contributed by atoms with Crippen LogP contribution in [0.5, 0.6) is 0 Å². The van der Waals surface area contributed by atoms with Crippen molar-refractivity contribution in [2.75, 3.05) is 6.61 Å². The summed E-state index contributed by atoms with van der Waals surface area (Å²) in [7, 11) is 0. The molecule has 14 heavy (non-hydrogen) atoms. The molecular formula is C11H19NO2. The fraction of sp³-hybridized carbons (Fsp3) is 0.818. The molecule has 80 valence electrons. The van der Waals surface area contributed by atoms with Crippen molar-refractivity contribution in [3.63, 3.8) is 0 Å². The first kappa shape index (κ1) is 9.99. The van der Waals surface area contributed by atoms with Crippen molar-refractivity contribution in [2.24, 2.45) is 5.73 Å². The number of ether oxygens (including phenoxy) is 1. The monoisotopic (exact) mass is 197 g/mol. The molecule has 1 aliphatic carbocycles. The Morgan fingerprint density at radius 1 is 1.50 bits per heavy atom. The van der Waals surface area contributed by atoms with Crippen LogP contribution >= 0.6 is 0 Å². The number of hydrogen-bond acceptors (Lipinski definition) is 3. The molecule has 0 radical (unpaired) electrons. The minimum atomic E-state index is -0.766. The van der Waals surface area contributed by atoms with Crippen LogP contribution in [0.2, 0.25) is 0 Å². The van der Waals surface area contributed by atoms with Gasteiger partial charge >= 0.3 is 0 Å². The van der Waals surface area contributed by atoms with Gasteiger partial charge in [0.15, 0.2) is 0 Å². The molecule has 3 N–H and O–H groups in total. The standard InChI is InChI=1S/C11H19NO2/c12-9-4-3-6-11(13,8-9)10-5-1-2-7-14-10/h5,9,13H,1-4,6-8,12H2. The third-order valence-electron chi connectivity index (χ3n) is 3.16. The Hall–Kier alpha value is -0.540. The lowest BCUT2D eigenvalue weighted by atomic mass is 9.80. The van der Waals surface area contributed by atoms with E-state index in [2.05, 4.69) is 0 Å². The van der Waals surface area contributed by atoms with E-state index in [-0.39, 0.29) is 6.04 Å². The van der Waals surface area contributed by atoms with Crippen LogP contribution in [0.1, 0.15) is 38.5 Å². The van der Waals surface area contributed by atoms with Crippen molar-refractivity contribution in [1.29, 1.82) is 0 Å². The average Bonchev–Trinajstić information content (AvgIpc) is 2.19. The van der Waals surface area contributed by atoms with Gasteiger partial charge in [0, 0.05) is 6.04 Å². The fourth-order valence-corrected chi connectivity index (χ4v) is 2.40. The summed E-state index contributed by atoms with van der Waals surface area (Å²) in [6.45, 7) is 0.739. The largest absolute Gasteiger partial charge is 0.495 e. The Morgan fingerprint density at radius 3 is 3.00 bits per heavy atom. The molecule has 1 heterocycles. The number of allylic oxidation sites excluding steroid dienone is 1. The molecule has 3 nitrogen and oxygen atoms in total. The maximum absolute atomic E-state index is 10.4. The highest BCUT2D eigenvalue weighted by molar-refractivity contribution is 5.14. The number of rotatable bonds is 1. The van der Waals surface area contributed by atoms with Crippen LogP contribution in [0.25, 0.3) is 0 Å². The normalized spacial score (nSPS) is 38.7. The van der Waals surface area contributed by atoms with Crippen LogP contribution in [-0.4, -0.2) is 23.4 Å². The molecule has 2 unspecified atom stereocenters. The van der Waals surface area contributed by atoms with Crippen molar-refractivity contribution < 1.29 is 9.84 Å². The first-order valence-corrected chi connectivity index (χ1v) is 5.52. The van der Waals surface area contributed by atoms with E-state index in [9.17, 15) is 5.11 Å². The molecule has 1 saturated carbocycles. The van der Waals surface area contributed by atoms with Crippen molar-refractivity contribution in [3.05, 3.63) is 11.8 Å². The van der Waals surface area contributed by atoms with Gasteiger partial charge in [0.1, 0.15) is 11.4 Å². The zero-order valence-corrected chi connectivity index (χ0v) is 8.54. The van der Waals surface area contributed by atoms with Crippen molar-refractivity contribution in [3.8, 4) is 0 Å². The van der Waals surface area contributed by atoms with E-state index in [1.165, 1.54) is 0 Å². The molecule has 2 rings (SSSR count). The third kappa shape index (κ3) is 1.93. The summed E-state index contributed by atoms with van der Waals surface area (Å²) < 4.78 is 5.52. The van der Waals surface area contributed by atoms with Gasteiger partial charge in [-0.1, -0.05) is 0 Å². The van der Waals surface area contributed by atoms with E-state index >= 15 is 0 Å². The van der Waals surface area contributed by atoms with Gasteiger partial charge in [-0.15, -0.1) is 0 Å². The Labute approximate surface area is 84.9 Å². The lowest BCUT2D eigenvalue weighted by molar-refractivity contribution is -0.0266. The summed E-state index contributed by atoms with van der Waals surface area (Å²) in [5.74, 6) is 0.777. The zero-order chi connectivity index (χ0) is 10.0. The Morgan fingerprint density at radius 2 is 2.36 bits per heavy atom. The second-order valence-electron chi connectivity index (χ2n) is 4.45. The smallest absolute Gasteiger partial charge is 0.124 e. The number of aliphatic hydroxyl groups is 1. The highest BCUT2D eigenvalue weighted by Gasteiger charge is 2.38. The summed E-state index contributed by atoms with van der Waals surface area (Å²) in [5, 5.41) is 10.4. The Kier molecular flexibility index (Phi) is 2.79. The molecule has 1 fully saturated rings. The molecule has 0 spiro atoms. The van der Waals surface area contributed by atoms with Gasteiger partial charge in [-0.2, -0.15) is 0 Å². The molecule has 0 aromatic carbocycles. The number of hydrogen-bond donors (Lipinski definition) is 2. The summed E-state index contributed by atoms with van der Waals surface area (Å²) >= 11 is 0. The predicted molar refractivity (Wildman–Crippen MR) is 54.7 cm³/mol. The molecule has 0 saturated heterocycles. The SMILES string of the molecule is NC1CCCC(O)(C2=CCCCO2)C1. The van der Waals surface area contributed by atoms with Crippen molar-refractivity contribution >= 4 is 0 Å². The van der Waals surface area contributed by atoms with Gasteiger partial charge < -0.3 is 15.6 Å². The lowest BCUT2D eigenvalue weighted by Gasteiger charge is -2.37. The predicted octanol–water partition coefficient (Wildman–Crippen LogP) is 1.31. The van der Waals surface area contributed by atoms with Gasteiger partial charge in [-0.05, 0) is 44.6 Å². The number of nitrogens with two attached hydrogens (primary N) is 1. The molecule has 2 aliphatic rings. The van der Waals surface area contributed by atoms with Gasteiger partial charge in [0.25, 0.3) is 0 Å². The summed E-state index contributed by atoms with van der Waals surface area (Å²) in [5.41, 5.74) is 5.11. The van der Waals surface area contributed by atoms with Crippen LogP contribution in [0.15, 0.2) is 11.8 Å². The first-order chi connectivity index (χ1) is 6.71. The van der Waals surface area contributed by atoms with Crippen molar-refractivity contribution in [1.82, 2.24) is 0 Å². The Balaban J connectivity index is 2.09. The van der Waals surface area contributed by atoms with Crippen LogP contribution < -0.4 is 5.73 Å². The molecule has 0 bridgehead atoms. The van der Waals surface area contributed by atoms with E-state index in [1.807, 2.05) is 6.08 Å². The summed E-state index contributed by atoms with van der Waals surface area (Å²) in [6.07, 6.45) is 7.58. The molecule has 3 heteroatoms. The van der Waals surface area contributed by atoms with Gasteiger partial charge in [0.05, 0.1) is 6.61 Å².